The summed E-state index contributed by atoms with van der Waals surface area (Å²) in [7, 11) is -3.62. The fourth-order valence-electron chi connectivity index (χ4n) is 2.04. The Labute approximate surface area is 113 Å². The van der Waals surface area contributed by atoms with Crippen LogP contribution in [0.2, 0.25) is 0 Å². The number of carbonyl (C=O) groups excluding carboxylic acids is 1. The van der Waals surface area contributed by atoms with E-state index in [1.807, 2.05) is 6.92 Å². The second kappa shape index (κ2) is 5.81. The molecule has 2 unspecified atom stereocenters. The second-order valence-corrected chi connectivity index (χ2v) is 6.39. The molecule has 6 heteroatoms. The van der Waals surface area contributed by atoms with Crippen molar-refractivity contribution in [2.24, 2.45) is 0 Å². The normalized spacial score (nSPS) is 23.4. The molecule has 1 heterocycles. The van der Waals surface area contributed by atoms with E-state index in [0.29, 0.717) is 18.6 Å². The van der Waals surface area contributed by atoms with E-state index in [0.717, 1.165) is 0 Å². The Morgan fingerprint density at radius 2 is 2.05 bits per heavy atom. The Morgan fingerprint density at radius 1 is 1.37 bits per heavy atom. The third-order valence-electron chi connectivity index (χ3n) is 3.12. The number of benzene rings is 1. The van der Waals surface area contributed by atoms with Crippen molar-refractivity contribution in [2.75, 3.05) is 12.4 Å². The molecule has 104 valence electrons. The number of Topliss-reactive ketones (excluding diaryl/α,β-unsaturated/α-hetero) is 1. The summed E-state index contributed by atoms with van der Waals surface area (Å²) in [6, 6.07) is 8.17. The summed E-state index contributed by atoms with van der Waals surface area (Å²) >= 11 is 0. The fraction of sp³-hybridized carbons (Fsp3) is 0.462. The number of sulfonamides is 1. The zero-order valence-electron chi connectivity index (χ0n) is 10.7. The fourth-order valence-corrected chi connectivity index (χ4v) is 3.40. The van der Waals surface area contributed by atoms with Crippen LogP contribution in [0.3, 0.4) is 0 Å². The molecule has 1 N–H and O–H groups in total. The molecule has 19 heavy (non-hydrogen) atoms. The molecule has 2 atom stereocenters. The highest BCUT2D eigenvalue weighted by molar-refractivity contribution is 7.90. The van der Waals surface area contributed by atoms with Gasteiger partial charge in [0.15, 0.2) is 5.78 Å². The van der Waals surface area contributed by atoms with Crippen LogP contribution in [0.1, 0.15) is 23.7 Å². The molecule has 1 saturated heterocycles. The first-order chi connectivity index (χ1) is 8.98. The van der Waals surface area contributed by atoms with E-state index >= 15 is 0 Å². The van der Waals surface area contributed by atoms with Gasteiger partial charge in [0, 0.05) is 18.2 Å². The zero-order valence-corrected chi connectivity index (χ0v) is 11.5. The molecule has 0 bridgehead atoms. The standard InChI is InChI=1S/C13H17NO4S/c1-10-12(7-8-18-10)14-19(16,17)9-13(15)11-5-3-2-4-6-11/h2-6,10,12,14H,7-9H2,1H3. The molecule has 1 aromatic rings. The van der Waals surface area contributed by atoms with Crippen LogP contribution in [0.15, 0.2) is 30.3 Å². The third-order valence-corrected chi connectivity index (χ3v) is 4.43. The number of ketones is 1. The average molecular weight is 283 g/mol. The van der Waals surface area contributed by atoms with Crippen LogP contribution in [0.5, 0.6) is 0 Å². The summed E-state index contributed by atoms with van der Waals surface area (Å²) in [5.41, 5.74) is 0.406. The Bertz CT molecular complexity index is 541. The van der Waals surface area contributed by atoms with Crippen LogP contribution in [0, 0.1) is 0 Å². The summed E-state index contributed by atoms with van der Waals surface area (Å²) in [6.07, 6.45) is 0.488. The van der Waals surface area contributed by atoms with Gasteiger partial charge >= 0.3 is 0 Å². The number of hydrogen-bond donors (Lipinski definition) is 1. The summed E-state index contributed by atoms with van der Waals surface area (Å²) in [5, 5.41) is 0. The maximum Gasteiger partial charge on any atom is 0.219 e. The maximum atomic E-state index is 11.9. The van der Waals surface area contributed by atoms with Gasteiger partial charge in [-0.05, 0) is 13.3 Å². The van der Waals surface area contributed by atoms with Gasteiger partial charge in [0.2, 0.25) is 10.0 Å². The lowest BCUT2D eigenvalue weighted by atomic mass is 10.2. The van der Waals surface area contributed by atoms with E-state index in [1.54, 1.807) is 30.3 Å². The van der Waals surface area contributed by atoms with Crippen molar-refractivity contribution in [3.63, 3.8) is 0 Å². The summed E-state index contributed by atoms with van der Waals surface area (Å²) in [6.45, 7) is 2.36. The van der Waals surface area contributed by atoms with Gasteiger partial charge in [-0.3, -0.25) is 4.79 Å². The van der Waals surface area contributed by atoms with Crippen molar-refractivity contribution in [3.8, 4) is 0 Å². The Morgan fingerprint density at radius 3 is 2.63 bits per heavy atom. The van der Waals surface area contributed by atoms with Gasteiger partial charge < -0.3 is 4.74 Å². The van der Waals surface area contributed by atoms with Crippen molar-refractivity contribution in [2.45, 2.75) is 25.5 Å². The van der Waals surface area contributed by atoms with Crippen molar-refractivity contribution < 1.29 is 17.9 Å². The third kappa shape index (κ3) is 3.86. The van der Waals surface area contributed by atoms with Gasteiger partial charge in [0.1, 0.15) is 5.75 Å². The first kappa shape index (κ1) is 14.2. The van der Waals surface area contributed by atoms with Crippen molar-refractivity contribution >= 4 is 15.8 Å². The number of rotatable bonds is 5. The highest BCUT2D eigenvalue weighted by Gasteiger charge is 2.29. The minimum Gasteiger partial charge on any atom is -0.377 e. The monoisotopic (exact) mass is 283 g/mol. The van der Waals surface area contributed by atoms with Gasteiger partial charge in [0.05, 0.1) is 6.10 Å². The minimum atomic E-state index is -3.62. The van der Waals surface area contributed by atoms with E-state index < -0.39 is 21.6 Å². The quantitative estimate of drug-likeness (QED) is 0.817. The predicted molar refractivity (Wildman–Crippen MR) is 71.5 cm³/mol. The SMILES string of the molecule is CC1OCCC1NS(=O)(=O)CC(=O)c1ccccc1. The molecule has 1 aliphatic heterocycles. The molecule has 0 spiro atoms. The molecule has 1 aromatic carbocycles. The smallest absolute Gasteiger partial charge is 0.219 e. The van der Waals surface area contributed by atoms with Crippen molar-refractivity contribution in [1.82, 2.24) is 4.72 Å². The highest BCUT2D eigenvalue weighted by Crippen LogP contribution is 2.14. The molecule has 0 aliphatic carbocycles. The molecular weight excluding hydrogens is 266 g/mol. The number of nitrogens with one attached hydrogen (secondary N) is 1. The maximum absolute atomic E-state index is 11.9. The Balaban J connectivity index is 1.99. The molecule has 0 amide bonds. The van der Waals surface area contributed by atoms with Crippen molar-refractivity contribution in [3.05, 3.63) is 35.9 Å². The van der Waals surface area contributed by atoms with E-state index in [9.17, 15) is 13.2 Å². The van der Waals surface area contributed by atoms with Gasteiger partial charge in [-0.15, -0.1) is 0 Å². The van der Waals surface area contributed by atoms with Gasteiger partial charge in [-0.25, -0.2) is 13.1 Å². The molecule has 5 nitrogen and oxygen atoms in total. The second-order valence-electron chi connectivity index (χ2n) is 4.64. The van der Waals surface area contributed by atoms with Crippen LogP contribution in [-0.2, 0) is 14.8 Å². The van der Waals surface area contributed by atoms with Crippen LogP contribution < -0.4 is 4.72 Å². The lowest BCUT2D eigenvalue weighted by Gasteiger charge is -2.15. The Hall–Kier alpha value is -1.24. The van der Waals surface area contributed by atoms with Gasteiger partial charge in [0.25, 0.3) is 0 Å². The number of ether oxygens (including phenoxy) is 1. The molecule has 0 saturated carbocycles. The highest BCUT2D eigenvalue weighted by atomic mass is 32.2. The first-order valence-corrected chi connectivity index (χ1v) is 7.83. The largest absolute Gasteiger partial charge is 0.377 e. The van der Waals surface area contributed by atoms with Crippen molar-refractivity contribution in [1.29, 1.82) is 0 Å². The number of hydrogen-bond acceptors (Lipinski definition) is 4. The summed E-state index contributed by atoms with van der Waals surface area (Å²) in [4.78, 5) is 11.9. The van der Waals surface area contributed by atoms with E-state index in [2.05, 4.69) is 4.72 Å². The predicted octanol–water partition coefficient (Wildman–Crippen LogP) is 0.966. The molecular formula is C13H17NO4S. The van der Waals surface area contributed by atoms with Crippen LogP contribution in [0.25, 0.3) is 0 Å². The molecule has 1 fully saturated rings. The van der Waals surface area contributed by atoms with Gasteiger partial charge in [-0.1, -0.05) is 30.3 Å². The molecule has 2 rings (SSSR count). The lowest BCUT2D eigenvalue weighted by molar-refractivity contribution is 0.101. The molecule has 0 aromatic heterocycles. The summed E-state index contributed by atoms with van der Waals surface area (Å²) < 4.78 is 31.7. The Kier molecular flexibility index (Phi) is 4.34. The molecule has 1 aliphatic rings. The molecule has 0 radical (unpaired) electrons. The van der Waals surface area contributed by atoms with Crippen LogP contribution >= 0.6 is 0 Å². The van der Waals surface area contributed by atoms with Crippen LogP contribution in [0.4, 0.5) is 0 Å². The minimum absolute atomic E-state index is 0.151. The lowest BCUT2D eigenvalue weighted by Crippen LogP contribution is -2.41. The van der Waals surface area contributed by atoms with E-state index in [-0.39, 0.29) is 12.1 Å². The first-order valence-electron chi connectivity index (χ1n) is 6.18. The number of carbonyl (C=O) groups is 1. The van der Waals surface area contributed by atoms with E-state index in [1.165, 1.54) is 0 Å². The average Bonchev–Trinajstić information content (AvgIpc) is 2.75. The van der Waals surface area contributed by atoms with E-state index in [4.69, 9.17) is 4.74 Å². The van der Waals surface area contributed by atoms with Gasteiger partial charge in [-0.2, -0.15) is 0 Å². The topological polar surface area (TPSA) is 72.5 Å². The zero-order chi connectivity index (χ0) is 13.9. The van der Waals surface area contributed by atoms with Crippen LogP contribution in [-0.4, -0.2) is 38.7 Å². The summed E-state index contributed by atoms with van der Waals surface area (Å²) in [5.74, 6) is -0.931.